The van der Waals surface area contributed by atoms with Crippen LogP contribution in [0.25, 0.3) is 0 Å². The van der Waals surface area contributed by atoms with Crippen molar-refractivity contribution in [2.75, 3.05) is 19.0 Å². The van der Waals surface area contributed by atoms with E-state index < -0.39 is 0 Å². The van der Waals surface area contributed by atoms with Crippen molar-refractivity contribution in [3.8, 4) is 0 Å². The number of alkyl halides is 1. The van der Waals surface area contributed by atoms with E-state index in [-0.39, 0.29) is 11.9 Å². The molecule has 1 rings (SSSR count). The van der Waals surface area contributed by atoms with E-state index >= 15 is 0 Å². The molecule has 0 N–H and O–H groups in total. The van der Waals surface area contributed by atoms with E-state index in [1.165, 1.54) is 0 Å². The predicted molar refractivity (Wildman–Crippen MR) is 74.9 cm³/mol. The van der Waals surface area contributed by atoms with Crippen LogP contribution in [0.2, 0.25) is 0 Å². The highest BCUT2D eigenvalue weighted by atomic mass is 35.5. The molecule has 0 heterocycles. The van der Waals surface area contributed by atoms with Gasteiger partial charge in [-0.1, -0.05) is 0 Å². The van der Waals surface area contributed by atoms with Gasteiger partial charge in [0.25, 0.3) is 0 Å². The van der Waals surface area contributed by atoms with Gasteiger partial charge in [-0.15, -0.1) is 11.6 Å². The maximum atomic E-state index is 12.2. The average Bonchev–Trinajstić information content (AvgIpc) is 2.26. The van der Waals surface area contributed by atoms with Gasteiger partial charge in [0, 0.05) is 31.5 Å². The van der Waals surface area contributed by atoms with Gasteiger partial charge >= 0.3 is 0 Å². The molecule has 1 saturated carbocycles. The highest BCUT2D eigenvalue weighted by molar-refractivity contribution is 6.17. The predicted octanol–water partition coefficient (Wildman–Crippen LogP) is 3.06. The van der Waals surface area contributed by atoms with Gasteiger partial charge in [-0.05, 0) is 46.0 Å². The molecule has 0 radical (unpaired) electrons. The summed E-state index contributed by atoms with van der Waals surface area (Å²) in [5, 5.41) is 0. The molecule has 0 spiro atoms. The molecule has 0 atom stereocenters. The lowest BCUT2D eigenvalue weighted by atomic mass is 9.79. The zero-order valence-corrected chi connectivity index (χ0v) is 12.6. The van der Waals surface area contributed by atoms with Gasteiger partial charge in [0.05, 0.1) is 6.10 Å². The molecule has 4 heteroatoms. The second kappa shape index (κ2) is 8.00. The lowest BCUT2D eigenvalue weighted by Crippen LogP contribution is -2.41. The number of nitrogens with zero attached hydrogens (tertiary/aromatic N) is 1. The van der Waals surface area contributed by atoms with Gasteiger partial charge in [0.1, 0.15) is 0 Å². The number of amides is 1. The van der Waals surface area contributed by atoms with Crippen molar-refractivity contribution in [2.45, 2.75) is 58.6 Å². The van der Waals surface area contributed by atoms with Crippen molar-refractivity contribution in [1.82, 2.24) is 4.90 Å². The fourth-order valence-electron chi connectivity index (χ4n) is 2.48. The minimum atomic E-state index is 0.267. The molecule has 0 bridgehead atoms. The maximum absolute atomic E-state index is 12.2. The Morgan fingerprint density at radius 2 is 2.11 bits per heavy atom. The van der Waals surface area contributed by atoms with Gasteiger partial charge in [0.15, 0.2) is 0 Å². The molecule has 1 amide bonds. The lowest BCUT2D eigenvalue weighted by Gasteiger charge is -2.36. The third-order valence-corrected chi connectivity index (χ3v) is 3.80. The van der Waals surface area contributed by atoms with Crippen molar-refractivity contribution >= 4 is 17.5 Å². The molecule has 1 aliphatic rings. The summed E-state index contributed by atoms with van der Waals surface area (Å²) in [6.45, 7) is 7.71. The lowest BCUT2D eigenvalue weighted by molar-refractivity contribution is -0.136. The summed E-state index contributed by atoms with van der Waals surface area (Å²) in [6.07, 6.45) is 4.02. The van der Waals surface area contributed by atoms with Crippen LogP contribution in [0.3, 0.4) is 0 Å². The number of hydrogen-bond donors (Lipinski definition) is 0. The Hall–Kier alpha value is -0.280. The Bertz CT molecular complexity index is 252. The van der Waals surface area contributed by atoms with E-state index in [9.17, 15) is 4.79 Å². The Morgan fingerprint density at radius 3 is 2.61 bits per heavy atom. The van der Waals surface area contributed by atoms with Crippen LogP contribution < -0.4 is 0 Å². The van der Waals surface area contributed by atoms with Gasteiger partial charge in [-0.2, -0.15) is 0 Å². The number of rotatable bonds is 8. The topological polar surface area (TPSA) is 29.5 Å². The third-order valence-electron chi connectivity index (χ3n) is 3.53. The second-order valence-corrected chi connectivity index (χ2v) is 5.72. The summed E-state index contributed by atoms with van der Waals surface area (Å²) in [7, 11) is 0. The molecule has 3 nitrogen and oxygen atoms in total. The molecule has 0 aromatic rings. The first kappa shape index (κ1) is 15.8. The van der Waals surface area contributed by atoms with Crippen LogP contribution in [-0.2, 0) is 9.53 Å². The first-order chi connectivity index (χ1) is 8.58. The van der Waals surface area contributed by atoms with Crippen LogP contribution in [0.5, 0.6) is 0 Å². The first-order valence-electron chi connectivity index (χ1n) is 7.05. The first-order valence-corrected chi connectivity index (χ1v) is 7.58. The molecule has 106 valence electrons. The summed E-state index contributed by atoms with van der Waals surface area (Å²) in [5.41, 5.74) is 0. The van der Waals surface area contributed by atoms with E-state index in [4.69, 9.17) is 16.3 Å². The Morgan fingerprint density at radius 1 is 1.44 bits per heavy atom. The molecule has 0 aromatic carbocycles. The van der Waals surface area contributed by atoms with E-state index in [0.29, 0.717) is 24.3 Å². The van der Waals surface area contributed by atoms with Gasteiger partial charge in [0.2, 0.25) is 5.91 Å². The van der Waals surface area contributed by atoms with Crippen molar-refractivity contribution in [3.05, 3.63) is 0 Å². The quantitative estimate of drug-likeness (QED) is 0.637. The summed E-state index contributed by atoms with van der Waals surface area (Å²) < 4.78 is 5.52. The molecular formula is C14H26ClNO2. The van der Waals surface area contributed by atoms with Crippen LogP contribution >= 0.6 is 11.6 Å². The minimum Gasteiger partial charge on any atom is -0.378 e. The molecule has 0 unspecified atom stereocenters. The number of hydrogen-bond acceptors (Lipinski definition) is 2. The molecule has 0 saturated heterocycles. The standard InChI is InChI=1S/C14H26ClNO2/c1-4-18-13-8-12(9-13)10-14(17)16(11(2)3)7-5-6-15/h11-13H,4-10H2,1-3H3. The number of ether oxygens (including phenoxy) is 1. The minimum absolute atomic E-state index is 0.267. The normalized spacial score (nSPS) is 22.9. The second-order valence-electron chi connectivity index (χ2n) is 5.34. The number of carbonyl (C=O) groups is 1. The summed E-state index contributed by atoms with van der Waals surface area (Å²) >= 11 is 5.70. The van der Waals surface area contributed by atoms with Crippen molar-refractivity contribution in [2.24, 2.45) is 5.92 Å². The average molecular weight is 276 g/mol. The molecule has 1 fully saturated rings. The summed E-state index contributed by atoms with van der Waals surface area (Å²) in [4.78, 5) is 14.2. The zero-order chi connectivity index (χ0) is 13.5. The summed E-state index contributed by atoms with van der Waals surface area (Å²) in [6, 6.07) is 0.267. The molecule has 0 aromatic heterocycles. The van der Waals surface area contributed by atoms with E-state index in [2.05, 4.69) is 13.8 Å². The molecule has 1 aliphatic carbocycles. The van der Waals surface area contributed by atoms with Crippen LogP contribution in [0, 0.1) is 5.92 Å². The van der Waals surface area contributed by atoms with Crippen molar-refractivity contribution < 1.29 is 9.53 Å². The highest BCUT2D eigenvalue weighted by Gasteiger charge is 2.32. The van der Waals surface area contributed by atoms with Gasteiger partial charge < -0.3 is 9.64 Å². The van der Waals surface area contributed by atoms with E-state index in [1.54, 1.807) is 0 Å². The summed E-state index contributed by atoms with van der Waals surface area (Å²) in [5.74, 6) is 1.41. The monoisotopic (exact) mass is 275 g/mol. The van der Waals surface area contributed by atoms with Crippen molar-refractivity contribution in [3.63, 3.8) is 0 Å². The van der Waals surface area contributed by atoms with Crippen LogP contribution in [0.4, 0.5) is 0 Å². The molecule has 18 heavy (non-hydrogen) atoms. The van der Waals surface area contributed by atoms with Crippen LogP contribution in [0.1, 0.15) is 46.5 Å². The van der Waals surface area contributed by atoms with Crippen molar-refractivity contribution in [1.29, 1.82) is 0 Å². The Balaban J connectivity index is 2.29. The zero-order valence-electron chi connectivity index (χ0n) is 11.8. The highest BCUT2D eigenvalue weighted by Crippen LogP contribution is 2.33. The van der Waals surface area contributed by atoms with Crippen LogP contribution in [0.15, 0.2) is 0 Å². The van der Waals surface area contributed by atoms with E-state index in [1.807, 2.05) is 11.8 Å². The fourth-order valence-corrected chi connectivity index (χ4v) is 2.60. The van der Waals surface area contributed by atoms with Gasteiger partial charge in [-0.3, -0.25) is 4.79 Å². The smallest absolute Gasteiger partial charge is 0.223 e. The van der Waals surface area contributed by atoms with E-state index in [0.717, 1.165) is 32.4 Å². The Labute approximate surface area is 116 Å². The molecular weight excluding hydrogens is 250 g/mol. The SMILES string of the molecule is CCOC1CC(CC(=O)N(CCCCl)C(C)C)C1. The Kier molecular flexibility index (Phi) is 7.02. The molecule has 0 aliphatic heterocycles. The third kappa shape index (κ3) is 4.77. The largest absolute Gasteiger partial charge is 0.378 e. The number of halogens is 1. The van der Waals surface area contributed by atoms with Gasteiger partial charge in [-0.25, -0.2) is 0 Å². The number of carbonyl (C=O) groups excluding carboxylic acids is 1. The fraction of sp³-hybridized carbons (Fsp3) is 0.929. The maximum Gasteiger partial charge on any atom is 0.223 e. The van der Waals surface area contributed by atoms with Crippen LogP contribution in [-0.4, -0.2) is 42.0 Å².